The molecule has 5 rings (SSSR count). The van der Waals surface area contributed by atoms with E-state index in [-0.39, 0.29) is 17.5 Å². The Balaban J connectivity index is 1.60. The molecule has 2 amide bonds. The van der Waals surface area contributed by atoms with Crippen LogP contribution in [0.1, 0.15) is 64.4 Å². The molecule has 0 saturated heterocycles. The van der Waals surface area contributed by atoms with Gasteiger partial charge in [0.2, 0.25) is 5.91 Å². The highest BCUT2D eigenvalue weighted by Gasteiger charge is 2.35. The lowest BCUT2D eigenvalue weighted by atomic mass is 9.94. The van der Waals surface area contributed by atoms with Gasteiger partial charge in [-0.3, -0.25) is 14.5 Å². The highest BCUT2D eigenvalue weighted by atomic mass is 19.1. The predicted molar refractivity (Wildman–Crippen MR) is 148 cm³/mol. The number of ether oxygens (including phenoxy) is 1. The fraction of sp³-hybridized carbons (Fsp3) is 0.267. The molecule has 210 valence electrons. The third-order valence-electron chi connectivity index (χ3n) is 7.14. The average molecular weight is 557 g/mol. The second kappa shape index (κ2) is 12.5. The van der Waals surface area contributed by atoms with Crippen LogP contribution in [0.5, 0.6) is 0 Å². The van der Waals surface area contributed by atoms with Crippen LogP contribution in [0.4, 0.5) is 10.1 Å². The van der Waals surface area contributed by atoms with Crippen LogP contribution in [-0.2, 0) is 9.53 Å². The third kappa shape index (κ3) is 6.29. The van der Waals surface area contributed by atoms with Crippen LogP contribution in [0.15, 0.2) is 79.1 Å². The molecule has 1 aromatic heterocycles. The number of amides is 2. The summed E-state index contributed by atoms with van der Waals surface area (Å²) in [4.78, 5) is 41.8. The lowest BCUT2D eigenvalue weighted by Gasteiger charge is -2.33. The van der Waals surface area contributed by atoms with Crippen molar-refractivity contribution in [1.29, 1.82) is 0 Å². The largest absolute Gasteiger partial charge is 0.465 e. The first-order chi connectivity index (χ1) is 19.9. The van der Waals surface area contributed by atoms with E-state index in [2.05, 4.69) is 20.8 Å². The van der Waals surface area contributed by atoms with Gasteiger partial charge in [-0.2, -0.15) is 0 Å². The van der Waals surface area contributed by atoms with Gasteiger partial charge in [-0.05, 0) is 83.4 Å². The molecule has 0 aliphatic heterocycles. The van der Waals surface area contributed by atoms with Crippen LogP contribution in [0.3, 0.4) is 0 Å². The monoisotopic (exact) mass is 556 g/mol. The zero-order valence-electron chi connectivity index (χ0n) is 22.4. The summed E-state index contributed by atoms with van der Waals surface area (Å²) in [7, 11) is 1.29. The molecule has 1 unspecified atom stereocenters. The number of tetrazole rings is 1. The van der Waals surface area contributed by atoms with Crippen molar-refractivity contribution in [2.75, 3.05) is 12.0 Å². The second-order valence-corrected chi connectivity index (χ2v) is 9.82. The smallest absolute Gasteiger partial charge is 0.337 e. The zero-order chi connectivity index (χ0) is 28.8. The van der Waals surface area contributed by atoms with E-state index < -0.39 is 23.7 Å². The Hall–Kier alpha value is -4.93. The Morgan fingerprint density at radius 3 is 2.37 bits per heavy atom. The number of halogens is 1. The van der Waals surface area contributed by atoms with Gasteiger partial charge in [0.25, 0.3) is 5.91 Å². The molecule has 10 nitrogen and oxygen atoms in total. The second-order valence-electron chi connectivity index (χ2n) is 9.82. The molecule has 41 heavy (non-hydrogen) atoms. The Morgan fingerprint density at radius 1 is 0.976 bits per heavy atom. The van der Waals surface area contributed by atoms with Crippen molar-refractivity contribution in [1.82, 2.24) is 25.5 Å². The minimum atomic E-state index is -1.13. The summed E-state index contributed by atoms with van der Waals surface area (Å²) in [5.41, 5.74) is 1.91. The van der Waals surface area contributed by atoms with E-state index >= 15 is 0 Å². The number of esters is 1. The van der Waals surface area contributed by atoms with Gasteiger partial charge >= 0.3 is 5.97 Å². The quantitative estimate of drug-likeness (QED) is 0.319. The van der Waals surface area contributed by atoms with Crippen molar-refractivity contribution in [3.63, 3.8) is 0 Å². The number of nitrogens with zero attached hydrogens (tertiary/aromatic N) is 5. The van der Waals surface area contributed by atoms with E-state index in [1.807, 2.05) is 0 Å². The predicted octanol–water partition coefficient (Wildman–Crippen LogP) is 4.43. The topological polar surface area (TPSA) is 119 Å². The van der Waals surface area contributed by atoms with Crippen molar-refractivity contribution in [2.24, 2.45) is 0 Å². The van der Waals surface area contributed by atoms with Crippen molar-refractivity contribution in [2.45, 2.75) is 44.2 Å². The van der Waals surface area contributed by atoms with Crippen LogP contribution >= 0.6 is 0 Å². The number of rotatable bonds is 8. The summed E-state index contributed by atoms with van der Waals surface area (Å²) in [5.74, 6) is -1.87. The first kappa shape index (κ1) is 27.6. The molecular weight excluding hydrogens is 527 g/mol. The number of hydrogen-bond acceptors (Lipinski definition) is 7. The zero-order valence-corrected chi connectivity index (χ0v) is 22.4. The maximum atomic E-state index is 14.3. The highest BCUT2D eigenvalue weighted by molar-refractivity contribution is 6.10. The molecule has 11 heteroatoms. The lowest BCUT2D eigenvalue weighted by molar-refractivity contribution is -0.123. The number of aromatic nitrogens is 4. The van der Waals surface area contributed by atoms with Crippen LogP contribution < -0.4 is 10.2 Å². The fourth-order valence-corrected chi connectivity index (χ4v) is 5.05. The van der Waals surface area contributed by atoms with E-state index in [1.165, 1.54) is 47.3 Å². The first-order valence-corrected chi connectivity index (χ1v) is 13.4. The van der Waals surface area contributed by atoms with Gasteiger partial charge in [-0.1, -0.05) is 37.5 Å². The van der Waals surface area contributed by atoms with Gasteiger partial charge in [0.15, 0.2) is 0 Å². The summed E-state index contributed by atoms with van der Waals surface area (Å²) < 4.78 is 20.2. The normalized spacial score (nSPS) is 14.2. The maximum Gasteiger partial charge on any atom is 0.337 e. The summed E-state index contributed by atoms with van der Waals surface area (Å²) in [5, 5.41) is 14.3. The lowest BCUT2D eigenvalue weighted by Crippen LogP contribution is -2.47. The Bertz CT molecular complexity index is 1500. The molecule has 1 aliphatic carbocycles. The van der Waals surface area contributed by atoms with E-state index in [0.29, 0.717) is 22.5 Å². The van der Waals surface area contributed by atoms with Crippen LogP contribution in [0.2, 0.25) is 0 Å². The number of methoxy groups -OCH3 is 1. The molecule has 4 aromatic rings. The van der Waals surface area contributed by atoms with E-state index in [9.17, 15) is 18.8 Å². The average Bonchev–Trinajstić information content (AvgIpc) is 3.56. The fourth-order valence-electron chi connectivity index (χ4n) is 5.05. The highest BCUT2D eigenvalue weighted by Crippen LogP contribution is 2.31. The summed E-state index contributed by atoms with van der Waals surface area (Å²) in [6.45, 7) is 0. The van der Waals surface area contributed by atoms with Crippen molar-refractivity contribution >= 4 is 23.5 Å². The standard InChI is InChI=1S/C30H29FN6O4/c1-41-30(40)21-12-10-20(11-13-21)27(28(38)33-24-7-3-2-4-8-24)37(25-16-14-23(31)15-17-25)29(39)22-6-5-9-26(18-22)36-19-32-34-35-36/h5-6,9-19,24,27H,2-4,7-8H2,1H3,(H,33,38). The first-order valence-electron chi connectivity index (χ1n) is 13.4. The van der Waals surface area contributed by atoms with Gasteiger partial charge in [0, 0.05) is 17.3 Å². The van der Waals surface area contributed by atoms with Crippen molar-refractivity contribution in [3.05, 3.63) is 102 Å². The summed E-state index contributed by atoms with van der Waals surface area (Å²) in [6.07, 6.45) is 6.23. The number of carbonyl (C=O) groups excluding carboxylic acids is 3. The van der Waals surface area contributed by atoms with Gasteiger partial charge in [-0.15, -0.1) is 5.10 Å². The van der Waals surface area contributed by atoms with Crippen molar-refractivity contribution in [3.8, 4) is 5.69 Å². The van der Waals surface area contributed by atoms with Crippen molar-refractivity contribution < 1.29 is 23.5 Å². The minimum absolute atomic E-state index is 0.0265. The number of anilines is 1. The molecule has 1 fully saturated rings. The Kier molecular flexibility index (Phi) is 8.42. The SMILES string of the molecule is COC(=O)c1ccc(C(C(=O)NC2CCCCC2)N(C(=O)c2cccc(-n3cnnn3)c2)c2ccc(F)cc2)cc1. The molecule has 1 N–H and O–H groups in total. The van der Waals surface area contributed by atoms with Gasteiger partial charge in [0.05, 0.1) is 18.4 Å². The molecule has 0 spiro atoms. The molecular formula is C30H29FN6O4. The summed E-state index contributed by atoms with van der Waals surface area (Å²) in [6, 6.07) is 17.3. The molecule has 1 saturated carbocycles. The van der Waals surface area contributed by atoms with Crippen LogP contribution in [0, 0.1) is 5.82 Å². The summed E-state index contributed by atoms with van der Waals surface area (Å²) >= 11 is 0. The Morgan fingerprint density at radius 2 is 1.71 bits per heavy atom. The molecule has 1 heterocycles. The van der Waals surface area contributed by atoms with Gasteiger partial charge in [0.1, 0.15) is 18.2 Å². The number of carbonyl (C=O) groups is 3. The number of nitrogens with one attached hydrogen (secondary N) is 1. The molecule has 1 atom stereocenters. The van der Waals surface area contributed by atoms with E-state index in [0.717, 1.165) is 32.1 Å². The van der Waals surface area contributed by atoms with E-state index in [1.54, 1.807) is 48.5 Å². The molecule has 1 aliphatic rings. The molecule has 3 aromatic carbocycles. The maximum absolute atomic E-state index is 14.3. The minimum Gasteiger partial charge on any atom is -0.465 e. The van der Waals surface area contributed by atoms with Crippen LogP contribution in [0.25, 0.3) is 5.69 Å². The van der Waals surface area contributed by atoms with Crippen LogP contribution in [-0.4, -0.2) is 51.1 Å². The number of benzene rings is 3. The van der Waals surface area contributed by atoms with Gasteiger partial charge < -0.3 is 10.1 Å². The molecule has 0 bridgehead atoms. The van der Waals surface area contributed by atoms with E-state index in [4.69, 9.17) is 4.74 Å². The van der Waals surface area contributed by atoms with Gasteiger partial charge in [-0.25, -0.2) is 13.9 Å². The Labute approximate surface area is 236 Å². The number of hydrogen-bond donors (Lipinski definition) is 1. The third-order valence-corrected chi connectivity index (χ3v) is 7.14. The molecule has 0 radical (unpaired) electrons.